The highest BCUT2D eigenvalue weighted by molar-refractivity contribution is 9.10. The van der Waals surface area contributed by atoms with Crippen molar-refractivity contribution in [1.29, 1.82) is 0 Å². The van der Waals surface area contributed by atoms with Gasteiger partial charge in [0.1, 0.15) is 0 Å². The van der Waals surface area contributed by atoms with Gasteiger partial charge in [-0.2, -0.15) is 0 Å². The van der Waals surface area contributed by atoms with Crippen molar-refractivity contribution >= 4 is 33.2 Å². The van der Waals surface area contributed by atoms with Crippen molar-refractivity contribution in [3.05, 3.63) is 51.0 Å². The van der Waals surface area contributed by atoms with Gasteiger partial charge in [-0.05, 0) is 64.3 Å². The van der Waals surface area contributed by atoms with Gasteiger partial charge in [0.25, 0.3) is 0 Å². The molecule has 2 rings (SSSR count). The number of aromatic hydroxyl groups is 1. The van der Waals surface area contributed by atoms with Crippen molar-refractivity contribution in [1.82, 2.24) is 0 Å². The maximum Gasteiger partial charge on any atom is 0.172 e. The molecule has 0 fully saturated rings. The second kappa shape index (κ2) is 6.37. The van der Waals surface area contributed by atoms with Crippen molar-refractivity contribution in [3.63, 3.8) is 0 Å². The number of phenolic OH excluding ortho intramolecular Hbond substituents is 1. The van der Waals surface area contributed by atoms with E-state index in [4.69, 9.17) is 16.3 Å². The first-order valence-electron chi connectivity index (χ1n) is 6.06. The third-order valence-electron chi connectivity index (χ3n) is 2.98. The van der Waals surface area contributed by atoms with Gasteiger partial charge in [0.15, 0.2) is 11.5 Å². The van der Waals surface area contributed by atoms with Crippen molar-refractivity contribution in [2.24, 2.45) is 0 Å². The van der Waals surface area contributed by atoms with E-state index >= 15 is 0 Å². The van der Waals surface area contributed by atoms with E-state index in [-0.39, 0.29) is 5.75 Å². The van der Waals surface area contributed by atoms with Crippen LogP contribution in [0.25, 0.3) is 0 Å². The van der Waals surface area contributed by atoms with Crippen LogP contribution in [0.4, 0.5) is 5.69 Å². The number of hydrogen-bond donors (Lipinski definition) is 2. The molecule has 0 spiro atoms. The van der Waals surface area contributed by atoms with Gasteiger partial charge in [0.2, 0.25) is 0 Å². The molecule has 0 saturated carbocycles. The summed E-state index contributed by atoms with van der Waals surface area (Å²) >= 11 is 9.25. The molecule has 0 atom stereocenters. The van der Waals surface area contributed by atoms with Gasteiger partial charge < -0.3 is 15.2 Å². The molecule has 0 unspecified atom stereocenters. The summed E-state index contributed by atoms with van der Waals surface area (Å²) in [6.07, 6.45) is 0. The molecule has 0 aliphatic carbocycles. The number of anilines is 1. The predicted octanol–water partition coefficient (Wildman–Crippen LogP) is 4.74. The van der Waals surface area contributed by atoms with Crippen molar-refractivity contribution in [2.45, 2.75) is 13.5 Å². The molecule has 0 radical (unpaired) electrons. The summed E-state index contributed by atoms with van der Waals surface area (Å²) in [6, 6.07) is 9.38. The maximum absolute atomic E-state index is 9.77. The minimum absolute atomic E-state index is 0.110. The maximum atomic E-state index is 9.77. The number of ether oxygens (including phenoxy) is 1. The number of methoxy groups -OCH3 is 1. The van der Waals surface area contributed by atoms with Crippen molar-refractivity contribution < 1.29 is 9.84 Å². The van der Waals surface area contributed by atoms with E-state index in [1.807, 2.05) is 31.2 Å². The highest BCUT2D eigenvalue weighted by Crippen LogP contribution is 2.35. The second-order valence-electron chi connectivity index (χ2n) is 4.44. The van der Waals surface area contributed by atoms with Gasteiger partial charge in [0, 0.05) is 17.3 Å². The fraction of sp³-hybridized carbons (Fsp3) is 0.200. The molecule has 20 heavy (non-hydrogen) atoms. The summed E-state index contributed by atoms with van der Waals surface area (Å²) in [5, 5.41) is 13.8. The molecule has 0 aromatic heterocycles. The van der Waals surface area contributed by atoms with Gasteiger partial charge in [-0.25, -0.2) is 0 Å². The third-order valence-corrected chi connectivity index (χ3v) is 3.82. The summed E-state index contributed by atoms with van der Waals surface area (Å²) in [5.41, 5.74) is 3.11. The van der Waals surface area contributed by atoms with Crippen LogP contribution >= 0.6 is 27.5 Å². The molecule has 0 aliphatic rings. The van der Waals surface area contributed by atoms with E-state index in [9.17, 15) is 5.11 Å². The SMILES string of the molecule is COc1cc(CNc2ccc(Cl)cc2C)cc(Br)c1O. The first-order chi connectivity index (χ1) is 9.51. The number of phenols is 1. The van der Waals surface area contributed by atoms with Crippen LogP contribution in [0, 0.1) is 6.92 Å². The lowest BCUT2D eigenvalue weighted by atomic mass is 10.1. The quantitative estimate of drug-likeness (QED) is 0.831. The molecule has 0 bridgehead atoms. The van der Waals surface area contributed by atoms with E-state index < -0.39 is 0 Å². The molecule has 2 aromatic carbocycles. The van der Waals surface area contributed by atoms with Crippen molar-refractivity contribution in [2.75, 3.05) is 12.4 Å². The van der Waals surface area contributed by atoms with Crippen LogP contribution in [-0.2, 0) is 6.54 Å². The van der Waals surface area contributed by atoms with Crippen molar-refractivity contribution in [3.8, 4) is 11.5 Å². The number of aryl methyl sites for hydroxylation is 1. The molecule has 3 nitrogen and oxygen atoms in total. The smallest absolute Gasteiger partial charge is 0.172 e. The van der Waals surface area contributed by atoms with Gasteiger partial charge in [-0.1, -0.05) is 11.6 Å². The van der Waals surface area contributed by atoms with Crippen LogP contribution in [-0.4, -0.2) is 12.2 Å². The van der Waals surface area contributed by atoms with Crippen LogP contribution < -0.4 is 10.1 Å². The average Bonchev–Trinajstić information content (AvgIpc) is 2.41. The number of rotatable bonds is 4. The summed E-state index contributed by atoms with van der Waals surface area (Å²) in [7, 11) is 1.53. The standard InChI is InChI=1S/C15H15BrClNO2/c1-9-5-11(17)3-4-13(9)18-8-10-6-12(16)15(19)14(7-10)20-2/h3-7,18-19H,8H2,1-2H3. The fourth-order valence-corrected chi connectivity index (χ4v) is 2.62. The highest BCUT2D eigenvalue weighted by atomic mass is 79.9. The molecule has 5 heteroatoms. The minimum atomic E-state index is 0.110. The molecule has 106 valence electrons. The Hall–Kier alpha value is -1.39. The van der Waals surface area contributed by atoms with E-state index in [1.165, 1.54) is 7.11 Å². The molecule has 0 saturated heterocycles. The average molecular weight is 357 g/mol. The van der Waals surface area contributed by atoms with Gasteiger partial charge in [-0.3, -0.25) is 0 Å². The lowest BCUT2D eigenvalue weighted by molar-refractivity contribution is 0.371. The Morgan fingerprint density at radius 2 is 2.05 bits per heavy atom. The Morgan fingerprint density at radius 1 is 1.30 bits per heavy atom. The van der Waals surface area contributed by atoms with Gasteiger partial charge in [0.05, 0.1) is 11.6 Å². The van der Waals surface area contributed by atoms with Crippen LogP contribution in [0.5, 0.6) is 11.5 Å². The number of benzene rings is 2. The predicted molar refractivity (Wildman–Crippen MR) is 85.9 cm³/mol. The van der Waals surface area contributed by atoms with E-state index in [2.05, 4.69) is 21.2 Å². The Morgan fingerprint density at radius 3 is 2.70 bits per heavy atom. The Balaban J connectivity index is 2.16. The minimum Gasteiger partial charge on any atom is -0.503 e. The molecule has 0 heterocycles. The monoisotopic (exact) mass is 355 g/mol. The zero-order chi connectivity index (χ0) is 14.7. The number of hydrogen-bond acceptors (Lipinski definition) is 3. The first-order valence-corrected chi connectivity index (χ1v) is 7.23. The van der Waals surface area contributed by atoms with E-state index in [0.29, 0.717) is 16.8 Å². The molecule has 2 N–H and O–H groups in total. The highest BCUT2D eigenvalue weighted by Gasteiger charge is 2.08. The topological polar surface area (TPSA) is 41.5 Å². The molecule has 2 aromatic rings. The zero-order valence-corrected chi connectivity index (χ0v) is 13.5. The second-order valence-corrected chi connectivity index (χ2v) is 5.73. The molecular formula is C15H15BrClNO2. The Bertz CT molecular complexity index is 632. The molecule has 0 amide bonds. The third kappa shape index (κ3) is 3.38. The number of halogens is 2. The Labute approximate surface area is 131 Å². The van der Waals surface area contributed by atoms with Crippen LogP contribution in [0.2, 0.25) is 5.02 Å². The molecular weight excluding hydrogens is 342 g/mol. The molecule has 0 aliphatic heterocycles. The van der Waals surface area contributed by atoms with Crippen LogP contribution in [0.15, 0.2) is 34.8 Å². The Kier molecular flexibility index (Phi) is 4.78. The van der Waals surface area contributed by atoms with Gasteiger partial charge in [-0.15, -0.1) is 0 Å². The summed E-state index contributed by atoms with van der Waals surface area (Å²) in [6.45, 7) is 2.62. The lowest BCUT2D eigenvalue weighted by Gasteiger charge is -2.12. The normalized spacial score (nSPS) is 10.4. The van der Waals surface area contributed by atoms with Crippen LogP contribution in [0.1, 0.15) is 11.1 Å². The van der Waals surface area contributed by atoms with Crippen LogP contribution in [0.3, 0.4) is 0 Å². The first kappa shape index (κ1) is 15.0. The fourth-order valence-electron chi connectivity index (χ4n) is 1.91. The van der Waals surface area contributed by atoms with E-state index in [0.717, 1.165) is 21.8 Å². The largest absolute Gasteiger partial charge is 0.503 e. The number of nitrogens with one attached hydrogen (secondary N) is 1. The summed E-state index contributed by atoms with van der Waals surface area (Å²) in [5.74, 6) is 0.558. The zero-order valence-electron chi connectivity index (χ0n) is 11.2. The van der Waals surface area contributed by atoms with E-state index in [1.54, 1.807) is 6.07 Å². The van der Waals surface area contributed by atoms with Gasteiger partial charge >= 0.3 is 0 Å². The summed E-state index contributed by atoms with van der Waals surface area (Å²) < 4.78 is 5.75. The summed E-state index contributed by atoms with van der Waals surface area (Å²) in [4.78, 5) is 0. The lowest BCUT2D eigenvalue weighted by Crippen LogP contribution is -2.01.